The van der Waals surface area contributed by atoms with Gasteiger partial charge in [0.1, 0.15) is 23.0 Å². The largest absolute Gasteiger partial charge is 0.496 e. The third-order valence-corrected chi connectivity index (χ3v) is 3.51. The Morgan fingerprint density at radius 2 is 1.39 bits per heavy atom. The van der Waals surface area contributed by atoms with Crippen LogP contribution < -0.4 is 9.47 Å². The highest BCUT2D eigenvalue weighted by Gasteiger charge is 2.33. The van der Waals surface area contributed by atoms with Gasteiger partial charge >= 0.3 is 5.97 Å². The fourth-order valence-corrected chi connectivity index (χ4v) is 2.40. The van der Waals surface area contributed by atoms with Crippen molar-refractivity contribution in [1.82, 2.24) is 0 Å². The first-order chi connectivity index (χ1) is 11.1. The van der Waals surface area contributed by atoms with E-state index in [9.17, 15) is 9.59 Å². The lowest BCUT2D eigenvalue weighted by Gasteiger charge is -2.17. The molecule has 23 heavy (non-hydrogen) atoms. The van der Waals surface area contributed by atoms with Gasteiger partial charge in [-0.15, -0.1) is 0 Å². The maximum atomic E-state index is 13.0. The van der Waals surface area contributed by atoms with Gasteiger partial charge in [0.25, 0.3) is 0 Å². The molecule has 5 heteroatoms. The number of rotatable bonds is 6. The summed E-state index contributed by atoms with van der Waals surface area (Å²) in [6.45, 7) is 0. The Labute approximate surface area is 134 Å². The lowest BCUT2D eigenvalue weighted by Crippen LogP contribution is -2.24. The van der Waals surface area contributed by atoms with Gasteiger partial charge in [-0.2, -0.15) is 0 Å². The average molecular weight is 314 g/mol. The van der Waals surface area contributed by atoms with E-state index in [1.54, 1.807) is 42.5 Å². The molecule has 0 N–H and O–H groups in total. The van der Waals surface area contributed by atoms with E-state index in [-0.39, 0.29) is 5.56 Å². The third-order valence-electron chi connectivity index (χ3n) is 3.51. The highest BCUT2D eigenvalue weighted by Crippen LogP contribution is 2.34. The van der Waals surface area contributed by atoms with Gasteiger partial charge in [-0.3, -0.25) is 9.59 Å². The van der Waals surface area contributed by atoms with Crippen molar-refractivity contribution < 1.29 is 23.8 Å². The van der Waals surface area contributed by atoms with Crippen LogP contribution in [0, 0.1) is 0 Å². The second kappa shape index (κ2) is 7.45. The van der Waals surface area contributed by atoms with Crippen LogP contribution in [-0.4, -0.2) is 33.1 Å². The number of methoxy groups -OCH3 is 3. The molecule has 1 unspecified atom stereocenters. The van der Waals surface area contributed by atoms with Crippen LogP contribution in [0.3, 0.4) is 0 Å². The highest BCUT2D eigenvalue weighted by molar-refractivity contribution is 6.15. The van der Waals surface area contributed by atoms with Gasteiger partial charge < -0.3 is 14.2 Å². The monoisotopic (exact) mass is 314 g/mol. The molecule has 5 nitrogen and oxygen atoms in total. The van der Waals surface area contributed by atoms with E-state index in [0.29, 0.717) is 17.1 Å². The molecule has 0 aliphatic heterocycles. The Balaban J connectivity index is 2.57. The number of esters is 1. The molecule has 0 heterocycles. The Kier molecular flexibility index (Phi) is 5.36. The molecule has 0 saturated carbocycles. The summed E-state index contributed by atoms with van der Waals surface area (Å²) in [6, 6.07) is 13.8. The van der Waals surface area contributed by atoms with Crippen molar-refractivity contribution in [2.45, 2.75) is 5.92 Å². The summed E-state index contributed by atoms with van der Waals surface area (Å²) >= 11 is 0. The molecule has 0 spiro atoms. The molecule has 0 radical (unpaired) electrons. The normalized spacial score (nSPS) is 11.4. The number of ether oxygens (including phenoxy) is 3. The van der Waals surface area contributed by atoms with Crippen molar-refractivity contribution in [2.24, 2.45) is 0 Å². The first-order valence-corrected chi connectivity index (χ1v) is 7.02. The molecule has 0 aliphatic carbocycles. The summed E-state index contributed by atoms with van der Waals surface area (Å²) in [4.78, 5) is 25.2. The standard InChI is InChI=1S/C18H18O5/c1-21-13-10-7-11-14(22-2)16(13)17(19)15(18(20)23-3)12-8-5-4-6-9-12/h4-11,15H,1-3H3. The van der Waals surface area contributed by atoms with E-state index in [4.69, 9.17) is 14.2 Å². The van der Waals surface area contributed by atoms with Gasteiger partial charge in [0.2, 0.25) is 0 Å². The smallest absolute Gasteiger partial charge is 0.321 e. The number of carbonyl (C=O) groups is 2. The molecule has 0 aliphatic rings. The summed E-state index contributed by atoms with van der Waals surface area (Å²) in [6.07, 6.45) is 0. The van der Waals surface area contributed by atoms with E-state index >= 15 is 0 Å². The fraction of sp³-hybridized carbons (Fsp3) is 0.222. The second-order valence-electron chi connectivity index (χ2n) is 4.77. The Morgan fingerprint density at radius 1 is 0.826 bits per heavy atom. The molecule has 2 aromatic carbocycles. The number of benzene rings is 2. The van der Waals surface area contributed by atoms with E-state index in [1.807, 2.05) is 6.07 Å². The van der Waals surface area contributed by atoms with Crippen LogP contribution >= 0.6 is 0 Å². The highest BCUT2D eigenvalue weighted by atomic mass is 16.5. The van der Waals surface area contributed by atoms with Crippen LogP contribution in [0.4, 0.5) is 0 Å². The minimum atomic E-state index is -1.08. The lowest BCUT2D eigenvalue weighted by molar-refractivity contribution is -0.141. The van der Waals surface area contributed by atoms with Gasteiger partial charge in [-0.1, -0.05) is 36.4 Å². The molecular formula is C18H18O5. The molecule has 0 amide bonds. The summed E-state index contributed by atoms with van der Waals surface area (Å²) in [7, 11) is 4.17. The molecular weight excluding hydrogens is 296 g/mol. The molecule has 0 fully saturated rings. The van der Waals surface area contributed by atoms with Crippen molar-refractivity contribution >= 4 is 11.8 Å². The summed E-state index contributed by atoms with van der Waals surface area (Å²) in [5.41, 5.74) is 0.772. The molecule has 2 aromatic rings. The first kappa shape index (κ1) is 16.5. The summed E-state index contributed by atoms with van der Waals surface area (Å²) in [5, 5.41) is 0. The van der Waals surface area contributed by atoms with Gasteiger partial charge in [-0.05, 0) is 17.7 Å². The van der Waals surface area contributed by atoms with E-state index < -0.39 is 17.7 Å². The topological polar surface area (TPSA) is 61.8 Å². The maximum absolute atomic E-state index is 13.0. The van der Waals surface area contributed by atoms with E-state index in [2.05, 4.69) is 0 Å². The Hall–Kier alpha value is -2.82. The SMILES string of the molecule is COC(=O)C(C(=O)c1c(OC)cccc1OC)c1ccccc1. The van der Waals surface area contributed by atoms with Gasteiger partial charge in [0, 0.05) is 0 Å². The molecule has 0 bridgehead atoms. The van der Waals surface area contributed by atoms with Crippen LogP contribution in [0.1, 0.15) is 21.8 Å². The number of ketones is 1. The second-order valence-corrected chi connectivity index (χ2v) is 4.77. The number of carbonyl (C=O) groups excluding carboxylic acids is 2. The van der Waals surface area contributed by atoms with E-state index in [0.717, 1.165) is 0 Å². The fourth-order valence-electron chi connectivity index (χ4n) is 2.40. The van der Waals surface area contributed by atoms with Gasteiger partial charge in [0.05, 0.1) is 21.3 Å². The van der Waals surface area contributed by atoms with Gasteiger partial charge in [-0.25, -0.2) is 0 Å². The predicted octanol–water partition coefficient (Wildman–Crippen LogP) is 2.84. The van der Waals surface area contributed by atoms with Crippen LogP contribution in [0.15, 0.2) is 48.5 Å². The Bertz CT molecular complexity index is 672. The van der Waals surface area contributed by atoms with Crippen LogP contribution in [0.2, 0.25) is 0 Å². The molecule has 1 atom stereocenters. The molecule has 0 aromatic heterocycles. The zero-order valence-electron chi connectivity index (χ0n) is 13.2. The minimum absolute atomic E-state index is 0.219. The lowest BCUT2D eigenvalue weighted by atomic mass is 9.89. The Morgan fingerprint density at radius 3 is 1.87 bits per heavy atom. The molecule has 0 saturated heterocycles. The third kappa shape index (κ3) is 3.34. The van der Waals surface area contributed by atoms with Crippen molar-refractivity contribution in [3.63, 3.8) is 0 Å². The zero-order chi connectivity index (χ0) is 16.8. The molecule has 120 valence electrons. The summed E-state index contributed by atoms with van der Waals surface area (Å²) < 4.78 is 15.3. The first-order valence-electron chi connectivity index (χ1n) is 7.02. The zero-order valence-corrected chi connectivity index (χ0v) is 13.2. The van der Waals surface area contributed by atoms with Crippen LogP contribution in [-0.2, 0) is 9.53 Å². The number of hydrogen-bond acceptors (Lipinski definition) is 5. The van der Waals surface area contributed by atoms with Crippen LogP contribution in [0.5, 0.6) is 11.5 Å². The van der Waals surface area contributed by atoms with Gasteiger partial charge in [0.15, 0.2) is 5.78 Å². The van der Waals surface area contributed by atoms with Crippen molar-refractivity contribution in [3.8, 4) is 11.5 Å². The summed E-state index contributed by atoms with van der Waals surface area (Å²) in [5.74, 6) is -1.45. The van der Waals surface area contributed by atoms with Crippen LogP contribution in [0.25, 0.3) is 0 Å². The van der Waals surface area contributed by atoms with Crippen molar-refractivity contribution in [1.29, 1.82) is 0 Å². The number of Topliss-reactive ketones (excluding diaryl/α,β-unsaturated/α-hetero) is 1. The minimum Gasteiger partial charge on any atom is -0.496 e. The molecule has 2 rings (SSSR count). The van der Waals surface area contributed by atoms with Crippen molar-refractivity contribution in [3.05, 3.63) is 59.7 Å². The van der Waals surface area contributed by atoms with Crippen molar-refractivity contribution in [2.75, 3.05) is 21.3 Å². The average Bonchev–Trinajstić information content (AvgIpc) is 2.61. The predicted molar refractivity (Wildman–Crippen MR) is 85.1 cm³/mol. The number of hydrogen-bond donors (Lipinski definition) is 0. The maximum Gasteiger partial charge on any atom is 0.321 e. The quantitative estimate of drug-likeness (QED) is 0.466. The van der Waals surface area contributed by atoms with E-state index in [1.165, 1.54) is 21.3 Å².